The molecule has 108 valence electrons. The number of thiol groups is 1. The minimum Gasteiger partial charge on any atom is -0.293 e. The number of carbonyl (C=O) groups is 1. The molecule has 0 N–H and O–H groups in total. The fraction of sp³-hybridized carbons (Fsp3) is 0.562. The lowest BCUT2D eigenvalue weighted by molar-refractivity contribution is 0.0949. The second kappa shape index (κ2) is 6.45. The summed E-state index contributed by atoms with van der Waals surface area (Å²) in [6.45, 7) is 12.5. The van der Waals surface area contributed by atoms with Gasteiger partial charge in [0.1, 0.15) is 0 Å². The lowest BCUT2D eigenvalue weighted by atomic mass is 9.79. The average Bonchev–Trinajstić information content (AvgIpc) is 2.24. The van der Waals surface area contributed by atoms with Crippen molar-refractivity contribution >= 4 is 35.4 Å². The molecule has 1 aromatic carbocycles. The molecule has 0 amide bonds. The molecule has 1 nitrogen and oxygen atoms in total. The van der Waals surface area contributed by atoms with E-state index in [-0.39, 0.29) is 38.8 Å². The molecule has 0 saturated heterocycles. The Balaban J connectivity index is 0.00000324. The number of rotatable bonds is 2. The summed E-state index contributed by atoms with van der Waals surface area (Å²) in [7, 11) is 0. The van der Waals surface area contributed by atoms with Crippen LogP contribution in [0.25, 0.3) is 0 Å². The van der Waals surface area contributed by atoms with Crippen LogP contribution >= 0.6 is 29.6 Å². The third-order valence-corrected chi connectivity index (χ3v) is 4.08. The van der Waals surface area contributed by atoms with Crippen molar-refractivity contribution in [3.63, 3.8) is 0 Å². The van der Waals surface area contributed by atoms with Crippen LogP contribution in [-0.4, -0.2) is 11.0 Å². The first-order chi connectivity index (χ1) is 8.05. The van der Waals surface area contributed by atoms with Gasteiger partial charge in [-0.3, -0.25) is 4.79 Å². The molecular weight excluding hydrogens is 320 g/mol. The van der Waals surface area contributed by atoms with Crippen LogP contribution in [0.3, 0.4) is 0 Å². The summed E-state index contributed by atoms with van der Waals surface area (Å²) in [6.07, 6.45) is 0. The molecule has 0 radical (unpaired) electrons. The highest BCUT2D eigenvalue weighted by atomic mass is 79.9. The summed E-state index contributed by atoms with van der Waals surface area (Å²) in [5.41, 5.74) is 1.74. The molecule has 1 unspecified atom stereocenters. The largest absolute Gasteiger partial charge is 0.293 e. The second-order valence-electron chi connectivity index (χ2n) is 6.93. The molecule has 0 fully saturated rings. The standard InChI is InChI=1S/C16H24OS.BrH/c1-15(2,3)12-10-8-7-9-11(12)13(17)14(18)16(4,5)6;/h7-10,14,18H,1-6H3;1H. The molecule has 0 aliphatic carbocycles. The number of hydrogen-bond donors (Lipinski definition) is 1. The Labute approximate surface area is 133 Å². The minimum absolute atomic E-state index is 0. The van der Waals surface area contributed by atoms with Crippen molar-refractivity contribution in [3.05, 3.63) is 35.4 Å². The smallest absolute Gasteiger partial charge is 0.176 e. The van der Waals surface area contributed by atoms with Gasteiger partial charge in [-0.2, -0.15) is 12.6 Å². The zero-order valence-corrected chi connectivity index (χ0v) is 15.3. The molecule has 0 aliphatic heterocycles. The number of halogens is 1. The first-order valence-electron chi connectivity index (χ1n) is 6.37. The summed E-state index contributed by atoms with van der Waals surface area (Å²) in [5.74, 6) is 0.122. The number of ketones is 1. The highest BCUT2D eigenvalue weighted by Crippen LogP contribution is 2.31. The molecule has 3 heteroatoms. The maximum absolute atomic E-state index is 12.6. The van der Waals surface area contributed by atoms with Crippen molar-refractivity contribution in [1.82, 2.24) is 0 Å². The van der Waals surface area contributed by atoms with Gasteiger partial charge in [0.2, 0.25) is 0 Å². The minimum atomic E-state index is -0.277. The molecule has 0 aromatic heterocycles. The number of Topliss-reactive ketones (excluding diaryl/α,β-unsaturated/α-hetero) is 1. The van der Waals surface area contributed by atoms with Crippen LogP contribution in [0.15, 0.2) is 24.3 Å². The van der Waals surface area contributed by atoms with Gasteiger partial charge in [0.05, 0.1) is 5.25 Å². The lowest BCUT2D eigenvalue weighted by Gasteiger charge is -2.28. The Hall–Kier alpha value is -0.280. The van der Waals surface area contributed by atoms with Crippen LogP contribution in [0.1, 0.15) is 57.5 Å². The monoisotopic (exact) mass is 344 g/mol. The van der Waals surface area contributed by atoms with Gasteiger partial charge in [0.15, 0.2) is 5.78 Å². The first-order valence-corrected chi connectivity index (χ1v) is 6.88. The predicted octanol–water partition coefficient (Wildman–Crippen LogP) is 5.09. The Kier molecular flexibility index (Phi) is 6.35. The van der Waals surface area contributed by atoms with Crippen LogP contribution < -0.4 is 0 Å². The molecule has 0 aliphatic rings. The van der Waals surface area contributed by atoms with Gasteiger partial charge < -0.3 is 0 Å². The lowest BCUT2D eigenvalue weighted by Crippen LogP contribution is -2.31. The van der Waals surface area contributed by atoms with E-state index in [2.05, 4.69) is 33.4 Å². The highest BCUT2D eigenvalue weighted by Gasteiger charge is 2.31. The van der Waals surface area contributed by atoms with Crippen LogP contribution in [-0.2, 0) is 5.41 Å². The Morgan fingerprint density at radius 1 is 1.05 bits per heavy atom. The van der Waals surface area contributed by atoms with E-state index in [1.54, 1.807) is 0 Å². The van der Waals surface area contributed by atoms with Crippen molar-refractivity contribution < 1.29 is 4.79 Å². The van der Waals surface area contributed by atoms with Crippen LogP contribution in [0.5, 0.6) is 0 Å². The van der Waals surface area contributed by atoms with Crippen LogP contribution in [0, 0.1) is 5.41 Å². The summed E-state index contributed by atoms with van der Waals surface area (Å²) < 4.78 is 0. The molecule has 1 aromatic rings. The third-order valence-electron chi connectivity index (χ3n) is 3.07. The van der Waals surface area contributed by atoms with Crippen molar-refractivity contribution in [2.45, 2.75) is 52.2 Å². The van der Waals surface area contributed by atoms with E-state index in [1.807, 2.05) is 45.0 Å². The fourth-order valence-electron chi connectivity index (χ4n) is 1.89. The molecule has 1 rings (SSSR count). The van der Waals surface area contributed by atoms with Crippen molar-refractivity contribution in [2.75, 3.05) is 0 Å². The fourth-order valence-corrected chi connectivity index (χ4v) is 2.03. The Morgan fingerprint density at radius 3 is 1.95 bits per heavy atom. The van der Waals surface area contributed by atoms with E-state index < -0.39 is 0 Å². The molecular formula is C16H25BrOS. The van der Waals surface area contributed by atoms with Crippen molar-refractivity contribution in [1.29, 1.82) is 0 Å². The van der Waals surface area contributed by atoms with E-state index in [9.17, 15) is 4.79 Å². The molecule has 0 spiro atoms. The second-order valence-corrected chi connectivity index (χ2v) is 7.44. The van der Waals surface area contributed by atoms with Gasteiger partial charge in [-0.15, -0.1) is 17.0 Å². The number of benzene rings is 1. The van der Waals surface area contributed by atoms with E-state index in [0.717, 1.165) is 11.1 Å². The van der Waals surface area contributed by atoms with Gasteiger partial charge in [-0.1, -0.05) is 65.8 Å². The maximum atomic E-state index is 12.6. The predicted molar refractivity (Wildman–Crippen MR) is 92.0 cm³/mol. The van der Waals surface area contributed by atoms with E-state index >= 15 is 0 Å². The zero-order chi connectivity index (χ0) is 14.1. The maximum Gasteiger partial charge on any atom is 0.176 e. The highest BCUT2D eigenvalue weighted by molar-refractivity contribution is 8.93. The number of carbonyl (C=O) groups excluding carboxylic acids is 1. The van der Waals surface area contributed by atoms with E-state index in [1.165, 1.54) is 0 Å². The summed E-state index contributed by atoms with van der Waals surface area (Å²) in [5, 5.41) is -0.277. The Bertz CT molecular complexity index is 441. The third kappa shape index (κ3) is 4.64. The SMILES string of the molecule is Br.CC(C)(C)c1ccccc1C(=O)C(S)C(C)(C)C. The van der Waals surface area contributed by atoms with Gasteiger partial charge in [-0.05, 0) is 16.4 Å². The van der Waals surface area contributed by atoms with Crippen molar-refractivity contribution in [3.8, 4) is 0 Å². The quantitative estimate of drug-likeness (QED) is 0.584. The van der Waals surface area contributed by atoms with E-state index in [4.69, 9.17) is 0 Å². The molecule has 0 saturated carbocycles. The normalized spacial score (nSPS) is 13.6. The van der Waals surface area contributed by atoms with Gasteiger partial charge in [0, 0.05) is 5.56 Å². The van der Waals surface area contributed by atoms with E-state index in [0.29, 0.717) is 0 Å². The number of hydrogen-bond acceptors (Lipinski definition) is 2. The first kappa shape index (κ1) is 18.7. The molecule has 0 heterocycles. The van der Waals surface area contributed by atoms with Gasteiger partial charge >= 0.3 is 0 Å². The Morgan fingerprint density at radius 2 is 1.53 bits per heavy atom. The molecule has 0 bridgehead atoms. The average molecular weight is 345 g/mol. The zero-order valence-electron chi connectivity index (χ0n) is 12.7. The molecule has 1 atom stereocenters. The van der Waals surface area contributed by atoms with Gasteiger partial charge in [0.25, 0.3) is 0 Å². The van der Waals surface area contributed by atoms with Gasteiger partial charge in [-0.25, -0.2) is 0 Å². The van der Waals surface area contributed by atoms with Crippen LogP contribution in [0.2, 0.25) is 0 Å². The van der Waals surface area contributed by atoms with Crippen molar-refractivity contribution in [2.24, 2.45) is 5.41 Å². The summed E-state index contributed by atoms with van der Waals surface area (Å²) in [6, 6.07) is 7.86. The van der Waals surface area contributed by atoms with Crippen LogP contribution in [0.4, 0.5) is 0 Å². The topological polar surface area (TPSA) is 17.1 Å². The molecule has 19 heavy (non-hydrogen) atoms. The summed E-state index contributed by atoms with van der Waals surface area (Å²) in [4.78, 5) is 12.6. The summed E-state index contributed by atoms with van der Waals surface area (Å²) >= 11 is 4.51.